The smallest absolute Gasteiger partial charge is 0.223 e. The van der Waals surface area contributed by atoms with E-state index in [1.165, 1.54) is 9.87 Å². The summed E-state index contributed by atoms with van der Waals surface area (Å²) in [5.41, 5.74) is 3.10. The second kappa shape index (κ2) is 9.15. The fourth-order valence-electron chi connectivity index (χ4n) is 3.59. The number of hydrogen-bond donors (Lipinski definition) is 1. The van der Waals surface area contributed by atoms with E-state index in [1.807, 2.05) is 24.4 Å². The molecule has 2 aromatic heterocycles. The van der Waals surface area contributed by atoms with Gasteiger partial charge in [0.25, 0.3) is 0 Å². The van der Waals surface area contributed by atoms with Gasteiger partial charge in [-0.1, -0.05) is 6.07 Å². The summed E-state index contributed by atoms with van der Waals surface area (Å²) in [5, 5.41) is 7.30. The zero-order chi connectivity index (χ0) is 20.1. The topological polar surface area (TPSA) is 79.4 Å². The van der Waals surface area contributed by atoms with Crippen molar-refractivity contribution in [3.8, 4) is 0 Å². The van der Waals surface area contributed by atoms with Crippen LogP contribution in [0.4, 0.5) is 0 Å². The van der Waals surface area contributed by atoms with E-state index >= 15 is 0 Å². The fourth-order valence-corrected chi connectivity index (χ4v) is 5.41. The number of thiophene rings is 1. The van der Waals surface area contributed by atoms with Gasteiger partial charge in [-0.3, -0.25) is 9.78 Å². The second-order valence-electron chi connectivity index (χ2n) is 7.18. The first-order valence-corrected chi connectivity index (χ1v) is 12.2. The molecule has 1 saturated heterocycles. The number of carbonyl (C=O) groups excluding carboxylic acids is 1. The van der Waals surface area contributed by atoms with Gasteiger partial charge in [0.15, 0.2) is 0 Å². The summed E-state index contributed by atoms with van der Waals surface area (Å²) in [6, 6.07) is 5.77. The van der Waals surface area contributed by atoms with Crippen molar-refractivity contribution in [1.82, 2.24) is 14.6 Å². The van der Waals surface area contributed by atoms with Crippen LogP contribution in [-0.2, 0) is 21.2 Å². The van der Waals surface area contributed by atoms with Crippen LogP contribution in [0.1, 0.15) is 42.6 Å². The minimum Gasteiger partial charge on any atom is -0.347 e. The standard InChI is InChI=1S/C20H27N3O3S2/c1-3-28(25,26)23-10-6-17(7-11-23)20(24)22-18(13-16-8-12-27-14-16)19-15(2)5-4-9-21-19/h4-5,8-9,12,14,17-18H,3,6-7,10-11,13H2,1-2H3,(H,22,24). The Balaban J connectivity index is 1.69. The number of amides is 1. The summed E-state index contributed by atoms with van der Waals surface area (Å²) in [6.07, 6.45) is 3.55. The molecule has 1 atom stereocenters. The number of aromatic nitrogens is 1. The molecule has 1 fully saturated rings. The summed E-state index contributed by atoms with van der Waals surface area (Å²) in [7, 11) is -3.18. The summed E-state index contributed by atoms with van der Waals surface area (Å²) >= 11 is 1.64. The van der Waals surface area contributed by atoms with Gasteiger partial charge in [-0.05, 0) is 67.1 Å². The van der Waals surface area contributed by atoms with Crippen molar-refractivity contribution in [3.05, 3.63) is 52.0 Å². The van der Waals surface area contributed by atoms with Crippen LogP contribution in [0.25, 0.3) is 0 Å². The third-order valence-corrected chi connectivity index (χ3v) is 7.91. The number of nitrogens with one attached hydrogen (secondary N) is 1. The molecule has 0 bridgehead atoms. The third-order valence-electron chi connectivity index (χ3n) is 5.30. The predicted octanol–water partition coefficient (Wildman–Crippen LogP) is 2.91. The average molecular weight is 422 g/mol. The minimum atomic E-state index is -3.18. The monoisotopic (exact) mass is 421 g/mol. The van der Waals surface area contributed by atoms with E-state index in [4.69, 9.17) is 0 Å². The first-order valence-electron chi connectivity index (χ1n) is 9.61. The van der Waals surface area contributed by atoms with Crippen molar-refractivity contribution >= 4 is 27.3 Å². The van der Waals surface area contributed by atoms with Crippen LogP contribution < -0.4 is 5.32 Å². The maximum atomic E-state index is 12.9. The molecule has 3 heterocycles. The number of hydrogen-bond acceptors (Lipinski definition) is 5. The molecule has 1 N–H and O–H groups in total. The van der Waals surface area contributed by atoms with Gasteiger partial charge in [0.05, 0.1) is 17.5 Å². The van der Waals surface area contributed by atoms with E-state index in [9.17, 15) is 13.2 Å². The van der Waals surface area contributed by atoms with E-state index in [0.717, 1.165) is 11.3 Å². The molecule has 28 heavy (non-hydrogen) atoms. The van der Waals surface area contributed by atoms with Crippen molar-refractivity contribution in [3.63, 3.8) is 0 Å². The fraction of sp³-hybridized carbons (Fsp3) is 0.500. The summed E-state index contributed by atoms with van der Waals surface area (Å²) in [4.78, 5) is 17.5. The average Bonchev–Trinajstić information content (AvgIpc) is 3.21. The van der Waals surface area contributed by atoms with Gasteiger partial charge in [0.2, 0.25) is 15.9 Å². The molecule has 1 amide bonds. The highest BCUT2D eigenvalue weighted by molar-refractivity contribution is 7.89. The van der Waals surface area contributed by atoms with Crippen LogP contribution in [0.5, 0.6) is 0 Å². The summed E-state index contributed by atoms with van der Waals surface area (Å²) < 4.78 is 25.6. The highest BCUT2D eigenvalue weighted by Crippen LogP contribution is 2.24. The molecule has 6 nitrogen and oxygen atoms in total. The SMILES string of the molecule is CCS(=O)(=O)N1CCC(C(=O)NC(Cc2ccsc2)c2ncccc2C)CC1. The van der Waals surface area contributed by atoms with Gasteiger partial charge in [-0.2, -0.15) is 11.3 Å². The Labute approximate surface area is 171 Å². The molecule has 3 rings (SSSR count). The quantitative estimate of drug-likeness (QED) is 0.745. The van der Waals surface area contributed by atoms with Gasteiger partial charge in [0, 0.05) is 25.2 Å². The van der Waals surface area contributed by atoms with Crippen molar-refractivity contribution in [2.24, 2.45) is 5.92 Å². The Morgan fingerprint density at radius 3 is 2.71 bits per heavy atom. The first-order chi connectivity index (χ1) is 13.4. The second-order valence-corrected chi connectivity index (χ2v) is 10.2. The van der Waals surface area contributed by atoms with E-state index in [2.05, 4.69) is 21.7 Å². The number of aryl methyl sites for hydroxylation is 1. The minimum absolute atomic E-state index is 0.0150. The zero-order valence-electron chi connectivity index (χ0n) is 16.3. The molecule has 152 valence electrons. The third kappa shape index (κ3) is 4.98. The molecule has 0 aromatic carbocycles. The zero-order valence-corrected chi connectivity index (χ0v) is 17.9. The normalized spacial score (nSPS) is 17.4. The lowest BCUT2D eigenvalue weighted by molar-refractivity contribution is -0.126. The van der Waals surface area contributed by atoms with Crippen molar-refractivity contribution in [2.45, 2.75) is 39.2 Å². The molecule has 0 saturated carbocycles. The van der Waals surface area contributed by atoms with E-state index in [1.54, 1.807) is 24.5 Å². The maximum Gasteiger partial charge on any atom is 0.223 e. The van der Waals surface area contributed by atoms with Gasteiger partial charge in [-0.25, -0.2) is 12.7 Å². The first kappa shape index (κ1) is 21.0. The van der Waals surface area contributed by atoms with Crippen LogP contribution in [0.3, 0.4) is 0 Å². The Hall–Kier alpha value is -1.77. The Morgan fingerprint density at radius 2 is 2.11 bits per heavy atom. The Kier molecular flexibility index (Phi) is 6.85. The molecule has 0 radical (unpaired) electrons. The lowest BCUT2D eigenvalue weighted by Crippen LogP contribution is -2.44. The maximum absolute atomic E-state index is 12.9. The number of piperidine rings is 1. The molecule has 1 aliphatic heterocycles. The molecule has 8 heteroatoms. The lowest BCUT2D eigenvalue weighted by atomic mass is 9.95. The number of carbonyl (C=O) groups is 1. The number of nitrogens with zero attached hydrogens (tertiary/aromatic N) is 2. The van der Waals surface area contributed by atoms with E-state index in [0.29, 0.717) is 32.4 Å². The molecule has 0 spiro atoms. The predicted molar refractivity (Wildman–Crippen MR) is 112 cm³/mol. The molecular weight excluding hydrogens is 394 g/mol. The summed E-state index contributed by atoms with van der Waals surface area (Å²) in [6.45, 7) is 4.47. The molecule has 2 aromatic rings. The van der Waals surface area contributed by atoms with Crippen LogP contribution in [0, 0.1) is 12.8 Å². The van der Waals surface area contributed by atoms with Crippen LogP contribution in [0.2, 0.25) is 0 Å². The number of rotatable bonds is 7. The van der Waals surface area contributed by atoms with Gasteiger partial charge in [-0.15, -0.1) is 0 Å². The summed E-state index contributed by atoms with van der Waals surface area (Å²) in [5.74, 6) is -0.0814. The van der Waals surface area contributed by atoms with Gasteiger partial charge in [0.1, 0.15) is 0 Å². The highest BCUT2D eigenvalue weighted by atomic mass is 32.2. The molecule has 1 aliphatic rings. The van der Waals surface area contributed by atoms with Crippen LogP contribution in [0.15, 0.2) is 35.2 Å². The van der Waals surface area contributed by atoms with Crippen molar-refractivity contribution < 1.29 is 13.2 Å². The van der Waals surface area contributed by atoms with Crippen molar-refractivity contribution in [1.29, 1.82) is 0 Å². The number of sulfonamides is 1. The van der Waals surface area contributed by atoms with E-state index < -0.39 is 10.0 Å². The van der Waals surface area contributed by atoms with E-state index in [-0.39, 0.29) is 23.6 Å². The lowest BCUT2D eigenvalue weighted by Gasteiger charge is -2.31. The highest BCUT2D eigenvalue weighted by Gasteiger charge is 2.31. The van der Waals surface area contributed by atoms with Crippen LogP contribution in [-0.4, -0.2) is 42.5 Å². The Bertz CT molecular complexity index is 889. The molecular formula is C20H27N3O3S2. The van der Waals surface area contributed by atoms with Gasteiger partial charge < -0.3 is 5.32 Å². The molecule has 0 aliphatic carbocycles. The van der Waals surface area contributed by atoms with Crippen LogP contribution >= 0.6 is 11.3 Å². The van der Waals surface area contributed by atoms with Crippen molar-refractivity contribution in [2.75, 3.05) is 18.8 Å². The Morgan fingerprint density at radius 1 is 1.36 bits per heavy atom. The van der Waals surface area contributed by atoms with Gasteiger partial charge >= 0.3 is 0 Å². The molecule has 1 unspecified atom stereocenters. The largest absolute Gasteiger partial charge is 0.347 e. The number of pyridine rings is 1.